The summed E-state index contributed by atoms with van der Waals surface area (Å²) in [4.78, 5) is 7.20. The van der Waals surface area contributed by atoms with Gasteiger partial charge in [0.15, 0.2) is 6.61 Å². The number of alkyl halides is 5. The Balaban J connectivity index is 2.90. The molecule has 19 heavy (non-hydrogen) atoms. The van der Waals surface area contributed by atoms with Crippen molar-refractivity contribution in [3.8, 4) is 5.88 Å². The van der Waals surface area contributed by atoms with Crippen molar-refractivity contribution >= 4 is 5.82 Å². The molecule has 1 aromatic heterocycles. The fraction of sp³-hybridized carbons (Fsp3) is 0.556. The summed E-state index contributed by atoms with van der Waals surface area (Å²) in [6.45, 7) is -0.237. The zero-order valence-electron chi connectivity index (χ0n) is 9.76. The van der Waals surface area contributed by atoms with Gasteiger partial charge in [-0.05, 0) is 6.42 Å². The molecular weight excluding hydrogens is 275 g/mol. The van der Waals surface area contributed by atoms with E-state index in [-0.39, 0.29) is 23.7 Å². The number of nitrogen functional groups attached to an aromatic ring is 1. The van der Waals surface area contributed by atoms with Crippen LogP contribution in [0.5, 0.6) is 5.88 Å². The molecule has 0 amide bonds. The van der Waals surface area contributed by atoms with Crippen molar-refractivity contribution in [2.24, 2.45) is 5.84 Å². The van der Waals surface area contributed by atoms with Gasteiger partial charge in [-0.2, -0.15) is 22.0 Å². The fourth-order valence-corrected chi connectivity index (χ4v) is 1.20. The molecule has 0 aromatic carbocycles. The molecule has 0 bridgehead atoms. The third-order valence-corrected chi connectivity index (χ3v) is 2.20. The highest BCUT2D eigenvalue weighted by Crippen LogP contribution is 2.36. The van der Waals surface area contributed by atoms with E-state index in [1.807, 2.05) is 0 Å². The van der Waals surface area contributed by atoms with Crippen LogP contribution in [-0.2, 0) is 6.42 Å². The lowest BCUT2D eigenvalue weighted by Crippen LogP contribution is -2.42. The Bertz CT molecular complexity index is 437. The number of anilines is 1. The Kier molecular flexibility index (Phi) is 4.45. The van der Waals surface area contributed by atoms with Crippen LogP contribution in [0, 0.1) is 0 Å². The molecule has 0 saturated carbocycles. The standard InChI is InChI=1S/C9H11F5N4O/c1-2-5-6(18-15)16-4-17-7(5)19-3-8(10,11)9(12,13)14/h4H,2-3,15H2,1H3,(H,16,17,18). The summed E-state index contributed by atoms with van der Waals surface area (Å²) < 4.78 is 65.8. The Morgan fingerprint density at radius 3 is 2.37 bits per heavy atom. The third kappa shape index (κ3) is 3.40. The van der Waals surface area contributed by atoms with E-state index in [1.54, 1.807) is 6.92 Å². The lowest BCUT2D eigenvalue weighted by atomic mass is 10.2. The number of aromatic nitrogens is 2. The highest BCUT2D eigenvalue weighted by atomic mass is 19.4. The zero-order valence-corrected chi connectivity index (χ0v) is 9.76. The van der Waals surface area contributed by atoms with Crippen LogP contribution in [0.25, 0.3) is 0 Å². The molecule has 0 radical (unpaired) electrons. The topological polar surface area (TPSA) is 73.1 Å². The van der Waals surface area contributed by atoms with Gasteiger partial charge in [0.2, 0.25) is 5.88 Å². The summed E-state index contributed by atoms with van der Waals surface area (Å²) in [5.41, 5.74) is 2.38. The molecule has 5 nitrogen and oxygen atoms in total. The van der Waals surface area contributed by atoms with Gasteiger partial charge >= 0.3 is 12.1 Å². The van der Waals surface area contributed by atoms with Crippen LogP contribution in [0.2, 0.25) is 0 Å². The number of hydrazine groups is 1. The molecule has 0 aliphatic rings. The van der Waals surface area contributed by atoms with Crippen LogP contribution < -0.4 is 16.0 Å². The summed E-state index contributed by atoms with van der Waals surface area (Å²) in [5, 5.41) is 0. The number of rotatable bonds is 5. The number of hydrogen-bond acceptors (Lipinski definition) is 5. The molecule has 0 atom stereocenters. The lowest BCUT2D eigenvalue weighted by Gasteiger charge is -2.20. The van der Waals surface area contributed by atoms with Gasteiger partial charge in [-0.3, -0.25) is 0 Å². The number of nitrogens with one attached hydrogen (secondary N) is 1. The Hall–Kier alpha value is -1.71. The lowest BCUT2D eigenvalue weighted by molar-refractivity contribution is -0.290. The molecule has 10 heteroatoms. The van der Waals surface area contributed by atoms with E-state index >= 15 is 0 Å². The van der Waals surface area contributed by atoms with E-state index in [1.165, 1.54) is 0 Å². The minimum absolute atomic E-state index is 0.0998. The molecule has 0 unspecified atom stereocenters. The Morgan fingerprint density at radius 2 is 1.89 bits per heavy atom. The van der Waals surface area contributed by atoms with Gasteiger partial charge < -0.3 is 10.2 Å². The van der Waals surface area contributed by atoms with Gasteiger partial charge in [0.1, 0.15) is 12.1 Å². The number of hydrogen-bond donors (Lipinski definition) is 2. The first-order valence-electron chi connectivity index (χ1n) is 5.10. The van der Waals surface area contributed by atoms with Crippen LogP contribution >= 0.6 is 0 Å². The van der Waals surface area contributed by atoms with Crippen LogP contribution in [0.1, 0.15) is 12.5 Å². The van der Waals surface area contributed by atoms with E-state index < -0.39 is 18.7 Å². The molecule has 1 rings (SSSR count). The third-order valence-electron chi connectivity index (χ3n) is 2.20. The maximum atomic E-state index is 12.7. The quantitative estimate of drug-likeness (QED) is 0.491. The van der Waals surface area contributed by atoms with E-state index in [9.17, 15) is 22.0 Å². The van der Waals surface area contributed by atoms with Gasteiger partial charge in [0.05, 0.1) is 5.56 Å². The molecule has 1 aromatic rings. The van der Waals surface area contributed by atoms with Crippen LogP contribution in [-0.4, -0.2) is 28.7 Å². The maximum absolute atomic E-state index is 12.7. The molecule has 0 fully saturated rings. The molecule has 0 aliphatic heterocycles. The van der Waals surface area contributed by atoms with Gasteiger partial charge in [0.25, 0.3) is 0 Å². The minimum Gasteiger partial charge on any atom is -0.471 e. The second kappa shape index (κ2) is 5.51. The molecule has 3 N–H and O–H groups in total. The maximum Gasteiger partial charge on any atom is 0.456 e. The van der Waals surface area contributed by atoms with Crippen molar-refractivity contribution < 1.29 is 26.7 Å². The van der Waals surface area contributed by atoms with Crippen LogP contribution in [0.15, 0.2) is 6.33 Å². The molecular formula is C9H11F5N4O. The number of nitrogens with zero attached hydrogens (tertiary/aromatic N) is 2. The van der Waals surface area contributed by atoms with Crippen LogP contribution in [0.3, 0.4) is 0 Å². The fourth-order valence-electron chi connectivity index (χ4n) is 1.20. The van der Waals surface area contributed by atoms with E-state index in [0.717, 1.165) is 6.33 Å². The first-order chi connectivity index (χ1) is 8.73. The normalized spacial score (nSPS) is 12.4. The van der Waals surface area contributed by atoms with Gasteiger partial charge in [-0.15, -0.1) is 0 Å². The smallest absolute Gasteiger partial charge is 0.456 e. The van der Waals surface area contributed by atoms with E-state index in [4.69, 9.17) is 5.84 Å². The van der Waals surface area contributed by atoms with Crippen molar-refractivity contribution in [3.63, 3.8) is 0 Å². The molecule has 0 aliphatic carbocycles. The zero-order chi connectivity index (χ0) is 14.7. The summed E-state index contributed by atoms with van der Waals surface area (Å²) in [6.07, 6.45) is -4.50. The summed E-state index contributed by atoms with van der Waals surface area (Å²) in [6, 6.07) is 0. The minimum atomic E-state index is -5.68. The molecule has 0 saturated heterocycles. The average molecular weight is 286 g/mol. The van der Waals surface area contributed by atoms with Crippen LogP contribution in [0.4, 0.5) is 27.8 Å². The SMILES string of the molecule is CCc1c(NN)ncnc1OCC(F)(F)C(F)(F)F. The average Bonchev–Trinajstić information content (AvgIpc) is 2.34. The number of nitrogens with two attached hydrogens (primary N) is 1. The summed E-state index contributed by atoms with van der Waals surface area (Å²) >= 11 is 0. The predicted molar refractivity (Wildman–Crippen MR) is 55.7 cm³/mol. The number of halogens is 5. The van der Waals surface area contributed by atoms with Gasteiger partial charge in [0, 0.05) is 0 Å². The summed E-state index contributed by atoms with van der Waals surface area (Å²) in [7, 11) is 0. The Labute approximate surface area is 104 Å². The van der Waals surface area contributed by atoms with Gasteiger partial charge in [-0.25, -0.2) is 15.8 Å². The second-order valence-electron chi connectivity index (χ2n) is 3.49. The predicted octanol–water partition coefficient (Wildman–Crippen LogP) is 1.90. The first-order valence-corrected chi connectivity index (χ1v) is 5.10. The highest BCUT2D eigenvalue weighted by Gasteiger charge is 2.58. The largest absolute Gasteiger partial charge is 0.471 e. The highest BCUT2D eigenvalue weighted by molar-refractivity contribution is 5.47. The number of ether oxygens (including phenoxy) is 1. The summed E-state index contributed by atoms with van der Waals surface area (Å²) in [5.74, 6) is -0.103. The van der Waals surface area contributed by atoms with Crippen molar-refractivity contribution in [1.29, 1.82) is 0 Å². The van der Waals surface area contributed by atoms with Gasteiger partial charge in [-0.1, -0.05) is 6.92 Å². The Morgan fingerprint density at radius 1 is 1.26 bits per heavy atom. The molecule has 108 valence electrons. The molecule has 0 spiro atoms. The van der Waals surface area contributed by atoms with E-state index in [0.29, 0.717) is 0 Å². The van der Waals surface area contributed by atoms with Crippen molar-refractivity contribution in [2.45, 2.75) is 25.4 Å². The second-order valence-corrected chi connectivity index (χ2v) is 3.49. The van der Waals surface area contributed by atoms with Crippen molar-refractivity contribution in [1.82, 2.24) is 9.97 Å². The monoisotopic (exact) mass is 286 g/mol. The first kappa shape index (κ1) is 15.3. The van der Waals surface area contributed by atoms with E-state index in [2.05, 4.69) is 20.1 Å². The molecule has 1 heterocycles. The van der Waals surface area contributed by atoms with Crippen molar-refractivity contribution in [2.75, 3.05) is 12.0 Å². The van der Waals surface area contributed by atoms with Crippen molar-refractivity contribution in [3.05, 3.63) is 11.9 Å².